The molecule has 1 N–H and O–H groups in total. The van der Waals surface area contributed by atoms with E-state index in [0.717, 1.165) is 6.92 Å². The number of hydrogen-bond acceptors (Lipinski definition) is 1. The number of carboxylic acids is 1. The summed E-state index contributed by atoms with van der Waals surface area (Å²) in [6, 6.07) is 4.50. The average molecular weight is 239 g/mol. The zero-order valence-electron chi connectivity index (χ0n) is 9.37. The van der Waals surface area contributed by atoms with Gasteiger partial charge in [0.25, 0.3) is 5.92 Å². The van der Waals surface area contributed by atoms with E-state index in [1.165, 1.54) is 16.8 Å². The van der Waals surface area contributed by atoms with E-state index in [2.05, 4.69) is 0 Å². The molecule has 1 heterocycles. The second-order valence-corrected chi connectivity index (χ2v) is 4.05. The summed E-state index contributed by atoms with van der Waals surface area (Å²) in [5.41, 5.74) is 0.133. The van der Waals surface area contributed by atoms with Gasteiger partial charge in [0.1, 0.15) is 0 Å². The molecule has 90 valence electrons. The first-order chi connectivity index (χ1) is 7.82. The Labute approximate surface area is 96.3 Å². The first-order valence-corrected chi connectivity index (χ1v) is 5.02. The van der Waals surface area contributed by atoms with Gasteiger partial charge in [0.15, 0.2) is 0 Å². The Morgan fingerprint density at radius 2 is 2.06 bits per heavy atom. The number of aromatic carboxylic acids is 1. The van der Waals surface area contributed by atoms with Crippen LogP contribution in [0.1, 0.15) is 22.8 Å². The zero-order chi connectivity index (χ0) is 12.8. The van der Waals surface area contributed by atoms with Gasteiger partial charge < -0.3 is 9.67 Å². The number of carboxylic acid groups (broad SMARTS) is 1. The molecule has 0 aliphatic carbocycles. The van der Waals surface area contributed by atoms with E-state index in [0.29, 0.717) is 5.52 Å². The number of aromatic nitrogens is 1. The monoisotopic (exact) mass is 239 g/mol. The summed E-state index contributed by atoms with van der Waals surface area (Å²) in [5.74, 6) is -4.27. The Bertz CT molecular complexity index is 596. The van der Waals surface area contributed by atoms with Crippen LogP contribution in [-0.4, -0.2) is 15.6 Å². The molecule has 2 rings (SSSR count). The third kappa shape index (κ3) is 1.77. The smallest absolute Gasteiger partial charge is 0.336 e. The zero-order valence-corrected chi connectivity index (χ0v) is 9.37. The SMILES string of the molecule is Cn1cc(C(C)(F)F)c2c(C(=O)O)cccc21. The minimum Gasteiger partial charge on any atom is -0.478 e. The number of carbonyl (C=O) groups is 1. The van der Waals surface area contributed by atoms with Crippen LogP contribution in [0.3, 0.4) is 0 Å². The normalized spacial score (nSPS) is 12.0. The first-order valence-electron chi connectivity index (χ1n) is 5.02. The molecule has 0 saturated heterocycles. The standard InChI is InChI=1S/C12H11F2NO2/c1-12(13,14)8-6-15(2)9-5-3-4-7(10(8)9)11(16)17/h3-6H,1-2H3,(H,16,17). The largest absolute Gasteiger partial charge is 0.478 e. The summed E-state index contributed by atoms with van der Waals surface area (Å²) in [4.78, 5) is 11.0. The molecule has 0 aliphatic heterocycles. The second kappa shape index (κ2) is 3.55. The number of hydrogen-bond donors (Lipinski definition) is 1. The van der Waals surface area contributed by atoms with Crippen LogP contribution in [0.4, 0.5) is 8.78 Å². The van der Waals surface area contributed by atoms with E-state index in [-0.39, 0.29) is 16.5 Å². The number of benzene rings is 1. The molecular formula is C12H11F2NO2. The fourth-order valence-corrected chi connectivity index (χ4v) is 1.96. The van der Waals surface area contributed by atoms with Gasteiger partial charge >= 0.3 is 5.97 Å². The van der Waals surface area contributed by atoms with Crippen LogP contribution < -0.4 is 0 Å². The topological polar surface area (TPSA) is 42.2 Å². The van der Waals surface area contributed by atoms with Crippen LogP contribution in [0.2, 0.25) is 0 Å². The summed E-state index contributed by atoms with van der Waals surface area (Å²) >= 11 is 0. The van der Waals surface area contributed by atoms with Crippen LogP contribution in [0.25, 0.3) is 10.9 Å². The van der Waals surface area contributed by atoms with Crippen LogP contribution in [-0.2, 0) is 13.0 Å². The van der Waals surface area contributed by atoms with Crippen molar-refractivity contribution in [3.63, 3.8) is 0 Å². The average Bonchev–Trinajstić information content (AvgIpc) is 2.56. The van der Waals surface area contributed by atoms with E-state index >= 15 is 0 Å². The Morgan fingerprint density at radius 1 is 1.41 bits per heavy atom. The third-order valence-electron chi connectivity index (χ3n) is 2.72. The molecule has 0 fully saturated rings. The molecule has 3 nitrogen and oxygen atoms in total. The minimum atomic E-state index is -3.06. The lowest BCUT2D eigenvalue weighted by molar-refractivity contribution is 0.0189. The van der Waals surface area contributed by atoms with E-state index in [9.17, 15) is 13.6 Å². The van der Waals surface area contributed by atoms with Crippen molar-refractivity contribution in [1.82, 2.24) is 4.57 Å². The van der Waals surface area contributed by atoms with Crippen molar-refractivity contribution in [1.29, 1.82) is 0 Å². The fraction of sp³-hybridized carbons (Fsp3) is 0.250. The number of nitrogens with zero attached hydrogens (tertiary/aromatic N) is 1. The Hall–Kier alpha value is -1.91. The molecular weight excluding hydrogens is 228 g/mol. The predicted octanol–water partition coefficient (Wildman–Crippen LogP) is 2.99. The van der Waals surface area contributed by atoms with Gasteiger partial charge in [-0.25, -0.2) is 13.6 Å². The molecule has 1 aromatic carbocycles. The third-order valence-corrected chi connectivity index (χ3v) is 2.72. The Balaban J connectivity index is 2.91. The van der Waals surface area contributed by atoms with Crippen molar-refractivity contribution in [3.05, 3.63) is 35.5 Å². The molecule has 1 aromatic heterocycles. The van der Waals surface area contributed by atoms with E-state index < -0.39 is 11.9 Å². The van der Waals surface area contributed by atoms with Gasteiger partial charge in [-0.15, -0.1) is 0 Å². The maximum atomic E-state index is 13.4. The van der Waals surface area contributed by atoms with Gasteiger partial charge in [0.05, 0.1) is 5.56 Å². The van der Waals surface area contributed by atoms with Gasteiger partial charge in [-0.3, -0.25) is 0 Å². The highest BCUT2D eigenvalue weighted by atomic mass is 19.3. The van der Waals surface area contributed by atoms with Gasteiger partial charge in [-0.2, -0.15) is 0 Å². The molecule has 0 amide bonds. The van der Waals surface area contributed by atoms with Gasteiger partial charge in [0.2, 0.25) is 0 Å². The molecule has 0 spiro atoms. The molecule has 0 unspecified atom stereocenters. The highest BCUT2D eigenvalue weighted by Gasteiger charge is 2.30. The van der Waals surface area contributed by atoms with Crippen LogP contribution in [0, 0.1) is 0 Å². The first kappa shape index (κ1) is 11.6. The summed E-state index contributed by atoms with van der Waals surface area (Å²) in [6.07, 6.45) is 1.27. The van der Waals surface area contributed by atoms with Crippen molar-refractivity contribution >= 4 is 16.9 Å². The summed E-state index contributed by atoms with van der Waals surface area (Å²) < 4.78 is 28.4. The maximum Gasteiger partial charge on any atom is 0.336 e. The lowest BCUT2D eigenvalue weighted by Gasteiger charge is -2.09. The molecule has 0 radical (unpaired) electrons. The number of alkyl halides is 2. The van der Waals surface area contributed by atoms with Crippen molar-refractivity contribution in [2.75, 3.05) is 0 Å². The molecule has 0 aliphatic rings. The lowest BCUT2D eigenvalue weighted by Crippen LogP contribution is -2.08. The van der Waals surface area contributed by atoms with Crippen LogP contribution in [0.5, 0.6) is 0 Å². The number of halogens is 2. The summed E-state index contributed by atoms with van der Waals surface area (Å²) in [6.45, 7) is 0.764. The number of fused-ring (bicyclic) bond motifs is 1. The summed E-state index contributed by atoms with van der Waals surface area (Å²) in [7, 11) is 1.61. The second-order valence-electron chi connectivity index (χ2n) is 4.05. The fourth-order valence-electron chi connectivity index (χ4n) is 1.96. The lowest BCUT2D eigenvalue weighted by atomic mass is 10.0. The molecule has 0 saturated carbocycles. The number of rotatable bonds is 2. The molecule has 5 heteroatoms. The van der Waals surface area contributed by atoms with Gasteiger partial charge in [-0.1, -0.05) is 6.07 Å². The van der Waals surface area contributed by atoms with Crippen molar-refractivity contribution in [3.8, 4) is 0 Å². The van der Waals surface area contributed by atoms with E-state index in [4.69, 9.17) is 5.11 Å². The molecule has 0 atom stereocenters. The molecule has 0 bridgehead atoms. The van der Waals surface area contributed by atoms with E-state index in [1.54, 1.807) is 19.2 Å². The minimum absolute atomic E-state index is 0.0976. The van der Waals surface area contributed by atoms with E-state index in [1.807, 2.05) is 0 Å². The van der Waals surface area contributed by atoms with Crippen molar-refractivity contribution in [2.24, 2.45) is 7.05 Å². The maximum absolute atomic E-state index is 13.4. The Kier molecular flexibility index (Phi) is 2.41. The molecule has 2 aromatic rings. The van der Waals surface area contributed by atoms with Gasteiger partial charge in [0, 0.05) is 36.6 Å². The number of aryl methyl sites for hydroxylation is 1. The van der Waals surface area contributed by atoms with Crippen molar-refractivity contribution in [2.45, 2.75) is 12.8 Å². The van der Waals surface area contributed by atoms with Crippen LogP contribution >= 0.6 is 0 Å². The quantitative estimate of drug-likeness (QED) is 0.875. The Morgan fingerprint density at radius 3 is 2.59 bits per heavy atom. The van der Waals surface area contributed by atoms with Crippen LogP contribution in [0.15, 0.2) is 24.4 Å². The predicted molar refractivity (Wildman–Crippen MR) is 59.4 cm³/mol. The summed E-state index contributed by atoms with van der Waals surface area (Å²) in [5, 5.41) is 9.13. The highest BCUT2D eigenvalue weighted by molar-refractivity contribution is 6.04. The highest BCUT2D eigenvalue weighted by Crippen LogP contribution is 2.35. The van der Waals surface area contributed by atoms with Gasteiger partial charge in [-0.05, 0) is 12.1 Å². The van der Waals surface area contributed by atoms with Crippen molar-refractivity contribution < 1.29 is 18.7 Å². The molecule has 17 heavy (non-hydrogen) atoms.